The zero-order chi connectivity index (χ0) is 14.1. The van der Waals surface area contributed by atoms with Gasteiger partial charge in [0.05, 0.1) is 14.2 Å². The number of ether oxygens (including phenoxy) is 3. The van der Waals surface area contributed by atoms with Gasteiger partial charge in [-0.15, -0.1) is 0 Å². The molecule has 0 radical (unpaired) electrons. The first-order valence-electron chi connectivity index (χ1n) is 6.29. The molecule has 1 aromatic rings. The van der Waals surface area contributed by atoms with Crippen molar-refractivity contribution in [1.29, 1.82) is 0 Å². The van der Waals surface area contributed by atoms with Crippen molar-refractivity contribution in [3.8, 4) is 11.5 Å². The monoisotopic (exact) mass is 267 g/mol. The molecule has 1 N–H and O–H groups in total. The van der Waals surface area contributed by atoms with Crippen LogP contribution in [0.4, 0.5) is 0 Å². The van der Waals surface area contributed by atoms with Crippen LogP contribution in [-0.2, 0) is 9.53 Å². The molecule has 5 nitrogen and oxygen atoms in total. The van der Waals surface area contributed by atoms with Gasteiger partial charge in [-0.3, -0.25) is 4.79 Å². The molecule has 1 aromatic carbocycles. The lowest BCUT2D eigenvalue weighted by Crippen LogP contribution is -2.42. The summed E-state index contributed by atoms with van der Waals surface area (Å²) in [5, 5.41) is 3.09. The molecule has 0 heterocycles. The Bertz CT molecular complexity index is 395. The number of hydrogen-bond acceptors (Lipinski definition) is 5. The van der Waals surface area contributed by atoms with Gasteiger partial charge in [-0.2, -0.15) is 0 Å². The second kappa shape index (κ2) is 8.37. The van der Waals surface area contributed by atoms with Gasteiger partial charge in [-0.25, -0.2) is 0 Å². The Morgan fingerprint density at radius 2 is 2.05 bits per heavy atom. The molecule has 106 valence electrons. The third-order valence-electron chi connectivity index (χ3n) is 2.58. The van der Waals surface area contributed by atoms with E-state index in [1.165, 1.54) is 7.11 Å². The van der Waals surface area contributed by atoms with Crippen LogP contribution in [0.1, 0.15) is 13.3 Å². The number of carbonyl (C=O) groups excluding carboxylic acids is 1. The van der Waals surface area contributed by atoms with Crippen molar-refractivity contribution in [1.82, 2.24) is 5.32 Å². The van der Waals surface area contributed by atoms with Crippen LogP contribution < -0.4 is 14.8 Å². The highest BCUT2D eigenvalue weighted by Gasteiger charge is 2.18. The molecule has 0 saturated heterocycles. The summed E-state index contributed by atoms with van der Waals surface area (Å²) in [6.07, 6.45) is 0.937. The van der Waals surface area contributed by atoms with Crippen LogP contribution in [0.5, 0.6) is 11.5 Å². The number of rotatable bonds is 8. The number of benzene rings is 1. The molecule has 5 heteroatoms. The maximum atomic E-state index is 11.6. The SMILES string of the molecule is CCCNC(COc1cccc(OC)c1)C(=O)OC. The molecule has 0 aliphatic heterocycles. The van der Waals surface area contributed by atoms with Crippen molar-refractivity contribution in [3.63, 3.8) is 0 Å². The van der Waals surface area contributed by atoms with E-state index in [-0.39, 0.29) is 12.6 Å². The molecule has 0 fully saturated rings. The highest BCUT2D eigenvalue weighted by Crippen LogP contribution is 2.18. The topological polar surface area (TPSA) is 56.8 Å². The summed E-state index contributed by atoms with van der Waals surface area (Å²) in [4.78, 5) is 11.6. The Kier molecular flexibility index (Phi) is 6.74. The molecule has 1 rings (SSSR count). The van der Waals surface area contributed by atoms with Gasteiger partial charge in [0.15, 0.2) is 0 Å². The van der Waals surface area contributed by atoms with Crippen LogP contribution in [0.25, 0.3) is 0 Å². The molecule has 0 aliphatic rings. The van der Waals surface area contributed by atoms with Crippen LogP contribution in [0.3, 0.4) is 0 Å². The third-order valence-corrected chi connectivity index (χ3v) is 2.58. The Morgan fingerprint density at radius 3 is 2.68 bits per heavy atom. The maximum absolute atomic E-state index is 11.6. The van der Waals surface area contributed by atoms with Gasteiger partial charge in [-0.05, 0) is 25.1 Å². The fourth-order valence-electron chi connectivity index (χ4n) is 1.54. The number of methoxy groups -OCH3 is 2. The summed E-state index contributed by atoms with van der Waals surface area (Å²) in [7, 11) is 2.97. The lowest BCUT2D eigenvalue weighted by atomic mass is 10.3. The molecule has 1 unspecified atom stereocenters. The van der Waals surface area contributed by atoms with Gasteiger partial charge in [-0.1, -0.05) is 13.0 Å². The van der Waals surface area contributed by atoms with Gasteiger partial charge in [0.25, 0.3) is 0 Å². The maximum Gasteiger partial charge on any atom is 0.326 e. The van der Waals surface area contributed by atoms with E-state index in [2.05, 4.69) is 5.32 Å². The predicted molar refractivity (Wildman–Crippen MR) is 72.6 cm³/mol. The molecule has 0 amide bonds. The largest absolute Gasteiger partial charge is 0.497 e. The van der Waals surface area contributed by atoms with E-state index < -0.39 is 6.04 Å². The van der Waals surface area contributed by atoms with E-state index >= 15 is 0 Å². The summed E-state index contributed by atoms with van der Waals surface area (Å²) >= 11 is 0. The number of carbonyl (C=O) groups is 1. The van der Waals surface area contributed by atoms with Crippen molar-refractivity contribution in [2.45, 2.75) is 19.4 Å². The summed E-state index contributed by atoms with van der Waals surface area (Å²) < 4.78 is 15.4. The van der Waals surface area contributed by atoms with Gasteiger partial charge >= 0.3 is 5.97 Å². The Morgan fingerprint density at radius 1 is 1.32 bits per heavy atom. The third kappa shape index (κ3) is 5.18. The predicted octanol–water partition coefficient (Wildman–Crippen LogP) is 1.62. The zero-order valence-electron chi connectivity index (χ0n) is 11.6. The molecule has 0 aliphatic carbocycles. The number of hydrogen-bond donors (Lipinski definition) is 1. The summed E-state index contributed by atoms with van der Waals surface area (Å²) in [5.74, 6) is 1.05. The van der Waals surface area contributed by atoms with Crippen LogP contribution in [0, 0.1) is 0 Å². The normalized spacial score (nSPS) is 11.7. The average Bonchev–Trinajstić information content (AvgIpc) is 2.46. The van der Waals surface area contributed by atoms with E-state index in [9.17, 15) is 4.79 Å². The van der Waals surface area contributed by atoms with Gasteiger partial charge in [0.1, 0.15) is 24.1 Å². The van der Waals surface area contributed by atoms with Crippen molar-refractivity contribution >= 4 is 5.97 Å². The molecule has 0 saturated carbocycles. The summed E-state index contributed by atoms with van der Waals surface area (Å²) in [5.41, 5.74) is 0. The summed E-state index contributed by atoms with van der Waals surface area (Å²) in [6, 6.07) is 6.79. The minimum absolute atomic E-state index is 0.222. The highest BCUT2D eigenvalue weighted by molar-refractivity contribution is 5.75. The molecule has 1 atom stereocenters. The lowest BCUT2D eigenvalue weighted by molar-refractivity contribution is -0.143. The van der Waals surface area contributed by atoms with Crippen LogP contribution >= 0.6 is 0 Å². The minimum atomic E-state index is -0.462. The van der Waals surface area contributed by atoms with Gasteiger partial charge in [0, 0.05) is 6.07 Å². The highest BCUT2D eigenvalue weighted by atomic mass is 16.5. The van der Waals surface area contributed by atoms with Crippen LogP contribution in [0.2, 0.25) is 0 Å². The Balaban J connectivity index is 2.56. The molecule has 0 aromatic heterocycles. The molecular formula is C14H21NO4. The van der Waals surface area contributed by atoms with E-state index in [1.807, 2.05) is 25.1 Å². The lowest BCUT2D eigenvalue weighted by Gasteiger charge is -2.17. The van der Waals surface area contributed by atoms with Crippen molar-refractivity contribution in [2.24, 2.45) is 0 Å². The summed E-state index contributed by atoms with van der Waals surface area (Å²) in [6.45, 7) is 2.99. The number of esters is 1. The van der Waals surface area contributed by atoms with Gasteiger partial charge < -0.3 is 19.5 Å². The van der Waals surface area contributed by atoms with E-state index in [4.69, 9.17) is 14.2 Å². The van der Waals surface area contributed by atoms with Gasteiger partial charge in [0.2, 0.25) is 0 Å². The molecular weight excluding hydrogens is 246 g/mol. The van der Waals surface area contributed by atoms with Crippen molar-refractivity contribution in [3.05, 3.63) is 24.3 Å². The first-order chi connectivity index (χ1) is 9.21. The minimum Gasteiger partial charge on any atom is -0.497 e. The average molecular weight is 267 g/mol. The smallest absolute Gasteiger partial charge is 0.326 e. The van der Waals surface area contributed by atoms with Crippen LogP contribution in [0.15, 0.2) is 24.3 Å². The Hall–Kier alpha value is -1.75. The fourth-order valence-corrected chi connectivity index (χ4v) is 1.54. The second-order valence-corrected chi connectivity index (χ2v) is 4.02. The molecule has 0 spiro atoms. The second-order valence-electron chi connectivity index (χ2n) is 4.02. The Labute approximate surface area is 113 Å². The number of nitrogens with one attached hydrogen (secondary N) is 1. The van der Waals surface area contributed by atoms with E-state index in [0.717, 1.165) is 13.0 Å². The molecule has 0 bridgehead atoms. The quantitative estimate of drug-likeness (QED) is 0.725. The standard InChI is InChI=1S/C14H21NO4/c1-4-8-15-13(14(16)18-3)10-19-12-7-5-6-11(9-12)17-2/h5-7,9,13,15H,4,8,10H2,1-3H3. The fraction of sp³-hybridized carbons (Fsp3) is 0.500. The van der Waals surface area contributed by atoms with Crippen molar-refractivity contribution < 1.29 is 19.0 Å². The van der Waals surface area contributed by atoms with Crippen molar-refractivity contribution in [2.75, 3.05) is 27.4 Å². The zero-order valence-corrected chi connectivity index (χ0v) is 11.6. The first-order valence-corrected chi connectivity index (χ1v) is 6.29. The molecule has 19 heavy (non-hydrogen) atoms. The van der Waals surface area contributed by atoms with Crippen LogP contribution in [-0.4, -0.2) is 39.4 Å². The van der Waals surface area contributed by atoms with E-state index in [1.54, 1.807) is 13.2 Å². The van der Waals surface area contributed by atoms with E-state index in [0.29, 0.717) is 11.5 Å². The first kappa shape index (κ1) is 15.3.